The minimum atomic E-state index is -5.22. The van der Waals surface area contributed by atoms with Gasteiger partial charge < -0.3 is 22.9 Å². The van der Waals surface area contributed by atoms with Crippen LogP contribution in [0.2, 0.25) is 0 Å². The molecule has 0 saturated heterocycles. The number of nitrogen functional groups attached to an aromatic ring is 4. The molecule has 0 radical (unpaired) electrons. The van der Waals surface area contributed by atoms with Gasteiger partial charge in [0.05, 0.1) is 39.0 Å². The van der Waals surface area contributed by atoms with E-state index in [0.717, 1.165) is 30.3 Å². The van der Waals surface area contributed by atoms with E-state index < -0.39 is 66.1 Å². The van der Waals surface area contributed by atoms with Crippen molar-refractivity contribution in [3.8, 4) is 0 Å². The van der Waals surface area contributed by atoms with Crippen molar-refractivity contribution in [1.82, 2.24) is 0 Å². The number of hydrogen-bond donors (Lipinski definition) is 7. The normalized spacial score (nSPS) is 14.2. The van der Waals surface area contributed by atoms with Crippen LogP contribution in [-0.2, 0) is 30.4 Å². The number of hydrogen-bond acceptors (Lipinski definition) is 24. The Morgan fingerprint density at radius 2 is 0.868 bits per heavy atom. The summed E-state index contributed by atoms with van der Waals surface area (Å²) in [6, 6.07) is 18.3. The first-order valence-electron chi connectivity index (χ1n) is 18.4. The van der Waals surface area contributed by atoms with Gasteiger partial charge in [0.15, 0.2) is 10.6 Å². The molecule has 0 unspecified atom stereocenters. The third-order valence-corrected chi connectivity index (χ3v) is 13.3. The van der Waals surface area contributed by atoms with Crippen LogP contribution in [0.5, 0.6) is 0 Å². The molecule has 1 aliphatic rings. The summed E-state index contributed by atoms with van der Waals surface area (Å²) in [6.45, 7) is 0. The van der Waals surface area contributed by atoms with Crippen molar-refractivity contribution in [2.24, 2.45) is 54.7 Å². The molecule has 5 aromatic rings. The van der Waals surface area contributed by atoms with E-state index in [1.165, 1.54) is 78.9 Å². The predicted octanol–water partition coefficient (Wildman–Crippen LogP) is 10.2. The topological polar surface area (TPSA) is 454 Å². The summed E-state index contributed by atoms with van der Waals surface area (Å²) in [4.78, 5) is 34.1. The highest BCUT2D eigenvalue weighted by molar-refractivity contribution is 8.33. The molecule has 11 N–H and O–H groups in total. The summed E-state index contributed by atoms with van der Waals surface area (Å²) in [5.74, 6) is 0. The van der Waals surface area contributed by atoms with E-state index in [4.69, 9.17) is 22.9 Å². The molecule has 0 amide bonds. The third-order valence-electron chi connectivity index (χ3n) is 9.04. The molecule has 0 heterocycles. The van der Waals surface area contributed by atoms with Crippen LogP contribution in [-0.4, -0.2) is 38.9 Å². The van der Waals surface area contributed by atoms with Gasteiger partial charge in [-0.2, -0.15) is 35.5 Å². The lowest BCUT2D eigenvalue weighted by atomic mass is 10.0. The quantitative estimate of drug-likeness (QED) is 0.0209. The molecule has 5 aromatic carbocycles. The fourth-order valence-electron chi connectivity index (χ4n) is 5.89. The Bertz CT molecular complexity index is 3470. The van der Waals surface area contributed by atoms with Crippen LogP contribution in [0.3, 0.4) is 0 Å². The summed E-state index contributed by atoms with van der Waals surface area (Å²) >= 11 is 0. The Balaban J connectivity index is 1.39. The zero-order valence-corrected chi connectivity index (χ0v) is 37.2. The monoisotopic (exact) mass is 1010 g/mol. The summed E-state index contributed by atoms with van der Waals surface area (Å²) < 4.78 is 110. The molecule has 350 valence electrons. The molecule has 0 aliphatic heterocycles. The molecule has 27 nitrogen and oxygen atoms in total. The maximum absolute atomic E-state index is 12.9. The van der Waals surface area contributed by atoms with E-state index in [-0.39, 0.29) is 80.3 Å². The van der Waals surface area contributed by atoms with E-state index in [1.54, 1.807) is 0 Å². The van der Waals surface area contributed by atoms with Crippen molar-refractivity contribution in [3.63, 3.8) is 0 Å². The lowest BCUT2D eigenvalue weighted by molar-refractivity contribution is 0.481. The summed E-state index contributed by atoms with van der Waals surface area (Å²) in [7, 11) is -19.0. The van der Waals surface area contributed by atoms with Crippen LogP contribution in [0, 0.1) is 14.7 Å². The SMILES string of the molecule is Nc1cc(N)c(/N=N\C2=CC(S(N=O)(N=O)N=O)=C(c3ccc(/N=N\c4cc(N=Nc5ccccc5S(=O)(=O)O)c(N)cc4N)cc3S(=O)(=O)O)C=CC2)cc1N=Nc1ccccc1S(=O)(=O)O. The molecule has 0 bridgehead atoms. The highest BCUT2D eigenvalue weighted by Crippen LogP contribution is 2.63. The van der Waals surface area contributed by atoms with E-state index in [1.807, 2.05) is 0 Å². The first kappa shape index (κ1) is 49.2. The molecule has 0 aromatic heterocycles. The van der Waals surface area contributed by atoms with Gasteiger partial charge in [-0.3, -0.25) is 13.7 Å². The number of nitrogens with zero attached hydrogens (tertiary/aromatic N) is 11. The van der Waals surface area contributed by atoms with E-state index in [0.29, 0.717) is 0 Å². The van der Waals surface area contributed by atoms with Crippen molar-refractivity contribution in [1.29, 1.82) is 0 Å². The summed E-state index contributed by atoms with van der Waals surface area (Å²) in [5, 5.41) is 31.8. The number of allylic oxidation sites excluding steroid dienone is 4. The standard InChI is InChI=1S/C37H31N15O12S4/c38-24-16-26(40)32(48-44-28-8-1-3-10-34(28)66(56,57)58)18-30(24)46-42-20-6-5-7-22(36(14-20)65(50-53,51-54)52-55)23-13-12-21(15-37(23)68(62,63)64)43-47-31-19-33(27(41)17-25(31)39)49-45-29-9-2-4-11-35(29)67(59,60)61/h1-5,7-19H,6,38-41H2,(H,56,57,58)(H,59,60,61)(H,62,63,64)/b46-42-,47-43-,48-44?,49-45?. The van der Waals surface area contributed by atoms with Gasteiger partial charge in [0.2, 0.25) is 0 Å². The van der Waals surface area contributed by atoms with Gasteiger partial charge in [0.25, 0.3) is 30.4 Å². The van der Waals surface area contributed by atoms with Gasteiger partial charge in [-0.05, 0) is 66.7 Å². The van der Waals surface area contributed by atoms with Crippen LogP contribution in [0.25, 0.3) is 5.57 Å². The molecule has 0 saturated carbocycles. The molecule has 0 atom stereocenters. The fourth-order valence-corrected chi connectivity index (χ4v) is 8.95. The smallest absolute Gasteiger partial charge is 0.296 e. The number of anilines is 4. The number of rotatable bonds is 16. The van der Waals surface area contributed by atoms with Crippen molar-refractivity contribution in [2.45, 2.75) is 21.1 Å². The first-order valence-corrected chi connectivity index (χ1v) is 24.2. The van der Waals surface area contributed by atoms with Crippen molar-refractivity contribution < 1.29 is 38.9 Å². The third kappa shape index (κ3) is 11.1. The average molecular weight is 1010 g/mol. The second kappa shape index (κ2) is 19.7. The maximum atomic E-state index is 12.9. The van der Waals surface area contributed by atoms with Gasteiger partial charge in [-0.1, -0.05) is 42.5 Å². The number of azo groups is 4. The van der Waals surface area contributed by atoms with Crippen LogP contribution >= 0.6 is 10.6 Å². The van der Waals surface area contributed by atoms with Gasteiger partial charge in [-0.25, -0.2) is 0 Å². The second-order valence-electron chi connectivity index (χ2n) is 13.5. The summed E-state index contributed by atoms with van der Waals surface area (Å²) in [5.41, 5.74) is 22.2. The van der Waals surface area contributed by atoms with Crippen molar-refractivity contribution >= 4 is 109 Å². The van der Waals surface area contributed by atoms with Crippen LogP contribution < -0.4 is 22.9 Å². The number of benzene rings is 5. The molecular weight excluding hydrogens is 975 g/mol. The van der Waals surface area contributed by atoms with Crippen LogP contribution in [0.1, 0.15) is 12.0 Å². The average Bonchev–Trinajstić information content (AvgIpc) is 3.51. The maximum Gasteiger partial charge on any atom is 0.296 e. The van der Waals surface area contributed by atoms with Crippen LogP contribution in [0.4, 0.5) is 62.6 Å². The van der Waals surface area contributed by atoms with E-state index >= 15 is 0 Å². The van der Waals surface area contributed by atoms with Gasteiger partial charge in [0, 0.05) is 31.3 Å². The van der Waals surface area contributed by atoms with Crippen molar-refractivity contribution in [2.75, 3.05) is 22.9 Å². The zero-order chi connectivity index (χ0) is 49.6. The van der Waals surface area contributed by atoms with Gasteiger partial charge in [-0.15, -0.1) is 45.4 Å². The molecule has 0 fully saturated rings. The molecule has 68 heavy (non-hydrogen) atoms. The van der Waals surface area contributed by atoms with Gasteiger partial charge >= 0.3 is 0 Å². The first-order chi connectivity index (χ1) is 32.1. The Morgan fingerprint density at radius 3 is 1.31 bits per heavy atom. The molecule has 1 aliphatic carbocycles. The Kier molecular flexibility index (Phi) is 14.3. The van der Waals surface area contributed by atoms with E-state index in [2.05, 4.69) is 54.7 Å². The summed E-state index contributed by atoms with van der Waals surface area (Å²) in [6.07, 6.45) is 3.35. The predicted molar refractivity (Wildman–Crippen MR) is 250 cm³/mol. The highest BCUT2D eigenvalue weighted by Gasteiger charge is 2.37. The van der Waals surface area contributed by atoms with E-state index in [9.17, 15) is 53.6 Å². The van der Waals surface area contributed by atoms with Crippen molar-refractivity contribution in [3.05, 3.63) is 140 Å². The minimum absolute atomic E-state index is 0.0316. The number of nitroso groups, excluding NO2 is 3. The fraction of sp³-hybridized carbons (Fsp3) is 0.0270. The zero-order valence-electron chi connectivity index (χ0n) is 34.0. The molecule has 31 heteroatoms. The lowest BCUT2D eigenvalue weighted by Crippen LogP contribution is -2.04. The molecule has 6 rings (SSSR count). The van der Waals surface area contributed by atoms with Gasteiger partial charge in [0.1, 0.15) is 48.8 Å². The Hall–Kier alpha value is -8.20. The molecule has 0 spiro atoms. The highest BCUT2D eigenvalue weighted by atomic mass is 32.3. The number of nitrogens with two attached hydrogens (primary N) is 4. The largest absolute Gasteiger partial charge is 0.397 e. The van der Waals surface area contributed by atoms with Crippen LogP contribution in [0.15, 0.2) is 189 Å². The second-order valence-corrected chi connectivity index (χ2v) is 19.6. The Morgan fingerprint density at radius 1 is 0.456 bits per heavy atom. The Labute approximate surface area is 385 Å². The minimum Gasteiger partial charge on any atom is -0.397 e. The lowest BCUT2D eigenvalue weighted by Gasteiger charge is -2.19. The molecular formula is C37H31N15O12S4.